The molecule has 0 N–H and O–H groups in total. The first kappa shape index (κ1) is 26.0. The Morgan fingerprint density at radius 3 is 1.56 bits per heavy atom. The van der Waals surface area contributed by atoms with Crippen molar-refractivity contribution in [1.82, 2.24) is 19.6 Å². The summed E-state index contributed by atoms with van der Waals surface area (Å²) in [6.07, 6.45) is 0.657. The lowest BCUT2D eigenvalue weighted by Gasteiger charge is -2.41. The van der Waals surface area contributed by atoms with E-state index in [0.29, 0.717) is 6.42 Å². The molecule has 186 valence electrons. The van der Waals surface area contributed by atoms with Gasteiger partial charge in [-0.05, 0) is 52.9 Å². The molecule has 0 aliphatic carbocycles. The Bertz CT molecular complexity index is 916. The van der Waals surface area contributed by atoms with Gasteiger partial charge in [-0.3, -0.25) is 18.9 Å². The SMILES string of the molecule is O=S([O-])C(CCN1CCN(Cc2ccc(Cl)cc2)CC1)N1CCN(Cc2ccc(Cl)cc2)CC1. The number of rotatable bonds is 9. The first-order chi connectivity index (χ1) is 16.5. The van der Waals surface area contributed by atoms with Gasteiger partial charge in [0.15, 0.2) is 0 Å². The molecule has 0 bridgehead atoms. The van der Waals surface area contributed by atoms with E-state index in [2.05, 4.69) is 43.9 Å². The van der Waals surface area contributed by atoms with E-state index in [1.165, 1.54) is 11.1 Å². The first-order valence-electron chi connectivity index (χ1n) is 11.9. The van der Waals surface area contributed by atoms with Gasteiger partial charge in [-0.1, -0.05) is 47.5 Å². The molecule has 0 saturated carbocycles. The molecule has 2 aromatic carbocycles. The lowest BCUT2D eigenvalue weighted by atomic mass is 10.2. The minimum Gasteiger partial charge on any atom is -0.771 e. The Labute approximate surface area is 215 Å². The average molecular weight is 525 g/mol. The number of hydrogen-bond acceptors (Lipinski definition) is 6. The van der Waals surface area contributed by atoms with Crippen LogP contribution in [0.4, 0.5) is 0 Å². The third kappa shape index (κ3) is 7.73. The van der Waals surface area contributed by atoms with Gasteiger partial charge in [0.2, 0.25) is 0 Å². The van der Waals surface area contributed by atoms with Gasteiger partial charge in [0.25, 0.3) is 0 Å². The summed E-state index contributed by atoms with van der Waals surface area (Å²) in [6, 6.07) is 16.0. The van der Waals surface area contributed by atoms with Crippen molar-refractivity contribution >= 4 is 34.3 Å². The van der Waals surface area contributed by atoms with Gasteiger partial charge in [0.05, 0.1) is 5.37 Å². The summed E-state index contributed by atoms with van der Waals surface area (Å²) in [5, 5.41) is 1.10. The summed E-state index contributed by atoms with van der Waals surface area (Å²) in [5.41, 5.74) is 2.51. The van der Waals surface area contributed by atoms with Crippen LogP contribution in [0.15, 0.2) is 48.5 Å². The zero-order valence-electron chi connectivity index (χ0n) is 19.5. The third-order valence-electron chi connectivity index (χ3n) is 6.83. The molecule has 0 aromatic heterocycles. The highest BCUT2D eigenvalue weighted by Gasteiger charge is 2.26. The highest BCUT2D eigenvalue weighted by Crippen LogP contribution is 2.17. The second kappa shape index (κ2) is 12.8. The topological polar surface area (TPSA) is 53.1 Å². The van der Waals surface area contributed by atoms with Crippen LogP contribution in [0.1, 0.15) is 17.5 Å². The molecule has 2 heterocycles. The molecule has 34 heavy (non-hydrogen) atoms. The van der Waals surface area contributed by atoms with E-state index in [4.69, 9.17) is 23.2 Å². The van der Waals surface area contributed by atoms with Crippen molar-refractivity contribution in [3.63, 3.8) is 0 Å². The molecule has 6 nitrogen and oxygen atoms in total. The van der Waals surface area contributed by atoms with Crippen LogP contribution in [-0.4, -0.2) is 92.6 Å². The molecule has 2 fully saturated rings. The molecule has 0 radical (unpaired) electrons. The van der Waals surface area contributed by atoms with Crippen molar-refractivity contribution in [2.75, 3.05) is 58.9 Å². The van der Waals surface area contributed by atoms with Crippen LogP contribution in [-0.2, 0) is 24.2 Å². The van der Waals surface area contributed by atoms with Gasteiger partial charge in [-0.2, -0.15) is 0 Å². The Morgan fingerprint density at radius 1 is 0.706 bits per heavy atom. The summed E-state index contributed by atoms with van der Waals surface area (Å²) in [4.78, 5) is 9.36. The van der Waals surface area contributed by atoms with Crippen LogP contribution in [0.3, 0.4) is 0 Å². The maximum absolute atomic E-state index is 12.1. The molecule has 2 unspecified atom stereocenters. The minimum absolute atomic E-state index is 0.412. The zero-order valence-corrected chi connectivity index (χ0v) is 21.8. The summed E-state index contributed by atoms with van der Waals surface area (Å²) in [7, 11) is 0. The molecule has 2 saturated heterocycles. The van der Waals surface area contributed by atoms with Crippen LogP contribution in [0.2, 0.25) is 10.0 Å². The molecule has 2 aromatic rings. The maximum Gasteiger partial charge on any atom is 0.0739 e. The normalized spacial score (nSPS) is 20.9. The highest BCUT2D eigenvalue weighted by molar-refractivity contribution is 7.79. The second-order valence-corrected chi connectivity index (χ2v) is 11.1. The predicted molar refractivity (Wildman–Crippen MR) is 139 cm³/mol. The van der Waals surface area contributed by atoms with Crippen molar-refractivity contribution in [1.29, 1.82) is 0 Å². The Hall–Kier alpha value is -1.03. The fraction of sp³-hybridized carbons (Fsp3) is 0.520. The van der Waals surface area contributed by atoms with Gasteiger partial charge < -0.3 is 9.45 Å². The number of piperazine rings is 2. The van der Waals surface area contributed by atoms with Crippen LogP contribution in [0, 0.1) is 0 Å². The number of nitrogens with zero attached hydrogens (tertiary/aromatic N) is 4. The molecule has 0 spiro atoms. The lowest BCUT2D eigenvalue weighted by molar-refractivity contribution is 0.0949. The predicted octanol–water partition coefficient (Wildman–Crippen LogP) is 3.52. The fourth-order valence-electron chi connectivity index (χ4n) is 4.77. The van der Waals surface area contributed by atoms with E-state index >= 15 is 0 Å². The van der Waals surface area contributed by atoms with Crippen LogP contribution in [0.25, 0.3) is 0 Å². The minimum atomic E-state index is -2.10. The van der Waals surface area contributed by atoms with E-state index in [0.717, 1.165) is 82.0 Å². The molecular formula is C25H33Cl2N4O2S-. The monoisotopic (exact) mass is 523 g/mol. The average Bonchev–Trinajstić information content (AvgIpc) is 2.84. The maximum atomic E-state index is 12.1. The molecule has 2 aliphatic heterocycles. The van der Waals surface area contributed by atoms with Gasteiger partial charge in [0.1, 0.15) is 0 Å². The highest BCUT2D eigenvalue weighted by atomic mass is 35.5. The number of halogens is 2. The standard InChI is InChI=1S/C25H34Cl2N4O2S/c26-23-5-1-21(2-6-23)19-29-13-11-28(12-14-29)10-9-25(34(32)33)31-17-15-30(16-18-31)20-22-3-7-24(27)8-4-22/h1-8,25H,9-20H2,(H,32,33)/p-1. The fourth-order valence-corrected chi connectivity index (χ4v) is 5.77. The van der Waals surface area contributed by atoms with Gasteiger partial charge in [-0.15, -0.1) is 0 Å². The van der Waals surface area contributed by atoms with Gasteiger partial charge in [0, 0.05) is 82.0 Å². The van der Waals surface area contributed by atoms with Crippen molar-refractivity contribution in [3.05, 3.63) is 69.7 Å². The molecule has 9 heteroatoms. The first-order valence-corrected chi connectivity index (χ1v) is 13.8. The van der Waals surface area contributed by atoms with E-state index < -0.39 is 16.5 Å². The Morgan fingerprint density at radius 2 is 1.12 bits per heavy atom. The lowest BCUT2D eigenvalue weighted by Crippen LogP contribution is -2.52. The van der Waals surface area contributed by atoms with Crippen LogP contribution in [0.5, 0.6) is 0 Å². The number of benzene rings is 2. The Balaban J connectivity index is 1.18. The smallest absolute Gasteiger partial charge is 0.0739 e. The van der Waals surface area contributed by atoms with Crippen molar-refractivity contribution < 1.29 is 8.76 Å². The quantitative estimate of drug-likeness (QED) is 0.468. The number of hydrogen-bond donors (Lipinski definition) is 0. The van der Waals surface area contributed by atoms with E-state index in [1.54, 1.807) is 0 Å². The summed E-state index contributed by atoms with van der Waals surface area (Å²) in [5.74, 6) is 0. The largest absolute Gasteiger partial charge is 0.771 e. The third-order valence-corrected chi connectivity index (χ3v) is 8.31. The zero-order chi connectivity index (χ0) is 23.9. The van der Waals surface area contributed by atoms with Crippen molar-refractivity contribution in [2.24, 2.45) is 0 Å². The molecular weight excluding hydrogens is 491 g/mol. The second-order valence-electron chi connectivity index (χ2n) is 9.19. The molecule has 2 aliphatic rings. The van der Waals surface area contributed by atoms with E-state index in [-0.39, 0.29) is 0 Å². The molecule has 0 amide bonds. The summed E-state index contributed by atoms with van der Waals surface area (Å²) >= 11 is 9.86. The van der Waals surface area contributed by atoms with Crippen LogP contribution >= 0.6 is 23.2 Å². The van der Waals surface area contributed by atoms with E-state index in [1.807, 2.05) is 24.3 Å². The molecule has 4 rings (SSSR count). The molecule has 2 atom stereocenters. The summed E-state index contributed by atoms with van der Waals surface area (Å²) in [6.45, 7) is 9.87. The van der Waals surface area contributed by atoms with Crippen molar-refractivity contribution in [2.45, 2.75) is 24.9 Å². The van der Waals surface area contributed by atoms with E-state index in [9.17, 15) is 8.76 Å². The Kier molecular flexibility index (Phi) is 9.80. The summed E-state index contributed by atoms with van der Waals surface area (Å²) < 4.78 is 24.1. The van der Waals surface area contributed by atoms with Crippen LogP contribution < -0.4 is 0 Å². The van der Waals surface area contributed by atoms with Gasteiger partial charge >= 0.3 is 0 Å². The van der Waals surface area contributed by atoms with Gasteiger partial charge in [-0.25, -0.2) is 0 Å². The van der Waals surface area contributed by atoms with Crippen molar-refractivity contribution in [3.8, 4) is 0 Å².